The Balaban J connectivity index is 2.91. The molecule has 5 nitrogen and oxygen atoms in total. The lowest BCUT2D eigenvalue weighted by atomic mass is 10.3. The molecule has 0 aliphatic rings. The molecule has 0 aromatic carbocycles. The van der Waals surface area contributed by atoms with Crippen molar-refractivity contribution in [2.24, 2.45) is 5.73 Å². The van der Waals surface area contributed by atoms with E-state index in [1.54, 1.807) is 25.1 Å². The Bertz CT molecular complexity index is 514. The van der Waals surface area contributed by atoms with Gasteiger partial charge in [-0.1, -0.05) is 12.0 Å². The molecule has 0 unspecified atom stereocenters. The van der Waals surface area contributed by atoms with Gasteiger partial charge in [0.2, 0.25) is 10.0 Å². The van der Waals surface area contributed by atoms with E-state index in [1.165, 1.54) is 0 Å². The third kappa shape index (κ3) is 3.88. The van der Waals surface area contributed by atoms with Crippen LogP contribution in [-0.2, 0) is 10.0 Å². The van der Waals surface area contributed by atoms with E-state index in [1.807, 2.05) is 0 Å². The number of rotatable bonds is 3. The minimum Gasteiger partial charge on any atom is -0.320 e. The molecule has 0 spiro atoms. The molecular formula is C10H13N3O2S. The summed E-state index contributed by atoms with van der Waals surface area (Å²) >= 11 is 0. The molecule has 6 heteroatoms. The van der Waals surface area contributed by atoms with Crippen molar-refractivity contribution in [3.05, 3.63) is 23.9 Å². The maximum Gasteiger partial charge on any atom is 0.233 e. The third-order valence-corrected chi connectivity index (χ3v) is 2.99. The van der Waals surface area contributed by atoms with Crippen LogP contribution in [-0.4, -0.2) is 25.7 Å². The molecule has 3 N–H and O–H groups in total. The van der Waals surface area contributed by atoms with Crippen LogP contribution in [0.4, 0.5) is 5.82 Å². The summed E-state index contributed by atoms with van der Waals surface area (Å²) in [5.74, 6) is 5.65. The first kappa shape index (κ1) is 12.5. The fourth-order valence-corrected chi connectivity index (χ4v) is 1.51. The fourth-order valence-electron chi connectivity index (χ4n) is 0.934. The van der Waals surface area contributed by atoms with Crippen molar-refractivity contribution in [1.29, 1.82) is 0 Å². The number of aromatic nitrogens is 1. The molecule has 1 rings (SSSR count). The average molecular weight is 239 g/mol. The lowest BCUT2D eigenvalue weighted by molar-refractivity contribution is 0.602. The first-order valence-corrected chi connectivity index (χ1v) is 6.39. The summed E-state index contributed by atoms with van der Waals surface area (Å²) in [6.45, 7) is 1.80. The van der Waals surface area contributed by atoms with Crippen LogP contribution >= 0.6 is 0 Å². The fraction of sp³-hybridized carbons (Fsp3) is 0.300. The zero-order valence-corrected chi connectivity index (χ0v) is 9.71. The summed E-state index contributed by atoms with van der Waals surface area (Å²) < 4.78 is 24.9. The second-order valence-corrected chi connectivity index (χ2v) is 4.93. The predicted molar refractivity (Wildman–Crippen MR) is 63.3 cm³/mol. The van der Waals surface area contributed by atoms with E-state index >= 15 is 0 Å². The topological polar surface area (TPSA) is 85.1 Å². The van der Waals surface area contributed by atoms with Crippen molar-refractivity contribution in [3.63, 3.8) is 0 Å². The highest BCUT2D eigenvalue weighted by molar-refractivity contribution is 7.92. The SMILES string of the molecule is CCS(=O)(=O)Nc1cccc(C#CCN)n1. The van der Waals surface area contributed by atoms with Gasteiger partial charge in [0.05, 0.1) is 12.3 Å². The molecule has 1 aromatic heterocycles. The lowest BCUT2D eigenvalue weighted by Gasteiger charge is -2.04. The number of nitrogens with zero attached hydrogens (tertiary/aromatic N) is 1. The predicted octanol–water partition coefficient (Wildman–Crippen LogP) is 0.153. The molecule has 0 saturated heterocycles. The van der Waals surface area contributed by atoms with Gasteiger partial charge < -0.3 is 5.73 Å². The van der Waals surface area contributed by atoms with E-state index in [0.29, 0.717) is 5.69 Å². The molecule has 0 radical (unpaired) electrons. The van der Waals surface area contributed by atoms with Gasteiger partial charge in [-0.25, -0.2) is 13.4 Å². The Kier molecular flexibility index (Phi) is 4.28. The first-order valence-electron chi connectivity index (χ1n) is 4.74. The largest absolute Gasteiger partial charge is 0.320 e. The van der Waals surface area contributed by atoms with Crippen molar-refractivity contribution in [2.75, 3.05) is 17.0 Å². The minimum absolute atomic E-state index is 0.00733. The van der Waals surface area contributed by atoms with Gasteiger partial charge in [-0.3, -0.25) is 4.72 Å². The second kappa shape index (κ2) is 5.49. The number of nitrogens with two attached hydrogens (primary N) is 1. The highest BCUT2D eigenvalue weighted by Gasteiger charge is 2.07. The van der Waals surface area contributed by atoms with Crippen LogP contribution in [0.25, 0.3) is 0 Å². The van der Waals surface area contributed by atoms with Crippen LogP contribution in [0.15, 0.2) is 18.2 Å². The number of nitrogens with one attached hydrogen (secondary N) is 1. The number of anilines is 1. The van der Waals surface area contributed by atoms with Gasteiger partial charge in [0.25, 0.3) is 0 Å². The van der Waals surface area contributed by atoms with Crippen LogP contribution in [0.2, 0.25) is 0 Å². The summed E-state index contributed by atoms with van der Waals surface area (Å²) in [5, 5.41) is 0. The molecule has 0 bridgehead atoms. The molecule has 0 amide bonds. The van der Waals surface area contributed by atoms with Crippen molar-refractivity contribution >= 4 is 15.8 Å². The van der Waals surface area contributed by atoms with E-state index in [0.717, 1.165) is 0 Å². The number of pyridine rings is 1. The van der Waals surface area contributed by atoms with Crippen LogP contribution in [0.3, 0.4) is 0 Å². The summed E-state index contributed by atoms with van der Waals surface area (Å²) in [6, 6.07) is 4.94. The van der Waals surface area contributed by atoms with E-state index in [9.17, 15) is 8.42 Å². The molecular weight excluding hydrogens is 226 g/mol. The third-order valence-electron chi connectivity index (χ3n) is 1.71. The van der Waals surface area contributed by atoms with Gasteiger partial charge in [-0.05, 0) is 25.0 Å². The average Bonchev–Trinajstić information content (AvgIpc) is 2.26. The van der Waals surface area contributed by atoms with Gasteiger partial charge >= 0.3 is 0 Å². The van der Waals surface area contributed by atoms with Gasteiger partial charge in [0.15, 0.2) is 0 Å². The van der Waals surface area contributed by atoms with Crippen molar-refractivity contribution in [1.82, 2.24) is 4.98 Å². The molecule has 1 aromatic rings. The molecule has 0 aliphatic heterocycles. The van der Waals surface area contributed by atoms with Gasteiger partial charge in [0, 0.05) is 0 Å². The molecule has 0 saturated carbocycles. The van der Waals surface area contributed by atoms with Crippen molar-refractivity contribution in [2.45, 2.75) is 6.92 Å². The van der Waals surface area contributed by atoms with Crippen LogP contribution in [0.1, 0.15) is 12.6 Å². The van der Waals surface area contributed by atoms with E-state index in [2.05, 4.69) is 21.5 Å². The normalized spacial score (nSPS) is 10.4. The first-order chi connectivity index (χ1) is 7.57. The highest BCUT2D eigenvalue weighted by Crippen LogP contribution is 2.06. The van der Waals surface area contributed by atoms with Gasteiger partial charge in [-0.15, -0.1) is 0 Å². The highest BCUT2D eigenvalue weighted by atomic mass is 32.2. The minimum atomic E-state index is -3.30. The van der Waals surface area contributed by atoms with Crippen molar-refractivity contribution < 1.29 is 8.42 Å². The number of sulfonamides is 1. The Hall–Kier alpha value is -1.58. The lowest BCUT2D eigenvalue weighted by Crippen LogP contribution is -2.15. The Morgan fingerprint density at radius 3 is 2.88 bits per heavy atom. The van der Waals surface area contributed by atoms with E-state index in [-0.39, 0.29) is 18.1 Å². The number of hydrogen-bond donors (Lipinski definition) is 2. The van der Waals surface area contributed by atoms with Gasteiger partial charge in [-0.2, -0.15) is 0 Å². The Labute approximate surface area is 95.1 Å². The molecule has 0 fully saturated rings. The second-order valence-electron chi connectivity index (χ2n) is 2.92. The summed E-state index contributed by atoms with van der Waals surface area (Å²) in [4.78, 5) is 4.02. The zero-order valence-electron chi connectivity index (χ0n) is 8.90. The Morgan fingerprint density at radius 2 is 2.25 bits per heavy atom. The summed E-state index contributed by atoms with van der Waals surface area (Å²) in [5.41, 5.74) is 5.71. The maximum absolute atomic E-state index is 11.3. The van der Waals surface area contributed by atoms with Crippen molar-refractivity contribution in [3.8, 4) is 11.8 Å². The van der Waals surface area contributed by atoms with Crippen LogP contribution in [0.5, 0.6) is 0 Å². The molecule has 0 atom stereocenters. The number of hydrogen-bond acceptors (Lipinski definition) is 4. The van der Waals surface area contributed by atoms with Crippen LogP contribution in [0, 0.1) is 11.8 Å². The standard InChI is InChI=1S/C10H13N3O2S/c1-2-16(14,15)13-10-7-3-5-9(12-10)6-4-8-11/h3,5,7H,2,8,11H2,1H3,(H,12,13). The summed E-state index contributed by atoms with van der Waals surface area (Å²) in [6.07, 6.45) is 0. The smallest absolute Gasteiger partial charge is 0.233 e. The maximum atomic E-state index is 11.3. The zero-order chi connectivity index (χ0) is 12.0. The summed E-state index contributed by atoms with van der Waals surface area (Å²) in [7, 11) is -3.30. The molecule has 0 aliphatic carbocycles. The van der Waals surface area contributed by atoms with Gasteiger partial charge in [0.1, 0.15) is 11.5 Å². The molecule has 86 valence electrons. The van der Waals surface area contributed by atoms with E-state index in [4.69, 9.17) is 5.73 Å². The monoisotopic (exact) mass is 239 g/mol. The quantitative estimate of drug-likeness (QED) is 0.735. The molecule has 16 heavy (non-hydrogen) atoms. The van der Waals surface area contributed by atoms with E-state index < -0.39 is 10.0 Å². The molecule has 1 heterocycles. The Morgan fingerprint density at radius 1 is 1.50 bits per heavy atom. The van der Waals surface area contributed by atoms with Crippen LogP contribution < -0.4 is 10.5 Å².